The van der Waals surface area contributed by atoms with Crippen LogP contribution < -0.4 is 30.9 Å². The fraction of sp³-hybridized carbons (Fsp3) is 0.329. The van der Waals surface area contributed by atoms with Gasteiger partial charge in [0.05, 0.1) is 5.02 Å². The molecule has 105 heavy (non-hydrogen) atoms. The number of allylic oxidation sites excluding steroid dienone is 2. The van der Waals surface area contributed by atoms with Crippen molar-refractivity contribution in [3.8, 4) is 67.7 Å². The van der Waals surface area contributed by atoms with E-state index >= 15 is 0 Å². The average Bonchev–Trinajstić information content (AvgIpc) is 0.803. The third-order valence-corrected chi connectivity index (χ3v) is 32.4. The minimum atomic E-state index is -4.80. The molecular formula is C82H96ClF12N3O6Sn. The second-order valence-electron chi connectivity index (χ2n) is 24.8. The quantitative estimate of drug-likeness (QED) is 0.0526. The van der Waals surface area contributed by atoms with Crippen molar-refractivity contribution in [2.45, 2.75) is 173 Å². The molecule has 0 bridgehead atoms. The van der Waals surface area contributed by atoms with Gasteiger partial charge in [-0.05, 0) is 150 Å². The van der Waals surface area contributed by atoms with Gasteiger partial charge in [-0.1, -0.05) is 122 Å². The van der Waals surface area contributed by atoms with Crippen LogP contribution in [0, 0.1) is 17.5 Å². The van der Waals surface area contributed by atoms with Gasteiger partial charge >= 0.3 is 127 Å². The Hall–Kier alpha value is -8.70. The predicted octanol–water partition coefficient (Wildman–Crippen LogP) is 26.1. The number of benzene rings is 6. The molecule has 0 unspecified atom stereocenters. The molecule has 0 aliphatic rings. The summed E-state index contributed by atoms with van der Waals surface area (Å²) in [5.74, 6) is -2.30. The van der Waals surface area contributed by atoms with Gasteiger partial charge in [0, 0.05) is 72.0 Å². The van der Waals surface area contributed by atoms with E-state index in [1.54, 1.807) is 60.5 Å². The van der Waals surface area contributed by atoms with Crippen LogP contribution in [-0.2, 0) is 0 Å². The third-order valence-electron chi connectivity index (χ3n) is 15.7. The van der Waals surface area contributed by atoms with Crippen molar-refractivity contribution >= 4 is 35.6 Å². The Morgan fingerprint density at radius 1 is 0.448 bits per heavy atom. The van der Waals surface area contributed by atoms with E-state index in [4.69, 9.17) is 11.6 Å². The van der Waals surface area contributed by atoms with Gasteiger partial charge in [0.1, 0.15) is 34.7 Å². The van der Waals surface area contributed by atoms with Crippen LogP contribution in [-0.4, -0.2) is 51.2 Å². The van der Waals surface area contributed by atoms with Gasteiger partial charge in [0.25, 0.3) is 16.7 Å². The number of unbranched alkanes of at least 4 members (excludes halogenated alkanes) is 3. The summed E-state index contributed by atoms with van der Waals surface area (Å²) in [4.78, 5) is 37.3. The second kappa shape index (κ2) is 43.1. The Morgan fingerprint density at radius 2 is 0.724 bits per heavy atom. The molecule has 6 aromatic carbocycles. The molecule has 0 radical (unpaired) electrons. The molecule has 570 valence electrons. The van der Waals surface area contributed by atoms with Crippen molar-refractivity contribution in [2.24, 2.45) is 0 Å². The van der Waals surface area contributed by atoms with E-state index in [0.717, 1.165) is 53.1 Å². The van der Waals surface area contributed by atoms with Crippen molar-refractivity contribution in [3.63, 3.8) is 0 Å². The van der Waals surface area contributed by atoms with Gasteiger partial charge in [-0.2, -0.15) is 0 Å². The summed E-state index contributed by atoms with van der Waals surface area (Å²) in [5, 5.41) is 0.176. The van der Waals surface area contributed by atoms with Crippen LogP contribution in [0.2, 0.25) is 18.3 Å². The molecule has 0 spiro atoms. The molecular weight excluding hydrogens is 1510 g/mol. The van der Waals surface area contributed by atoms with E-state index in [1.165, 1.54) is 174 Å². The first kappa shape index (κ1) is 90.5. The van der Waals surface area contributed by atoms with Crippen molar-refractivity contribution in [2.75, 3.05) is 0 Å². The van der Waals surface area contributed by atoms with Gasteiger partial charge < -0.3 is 14.2 Å². The molecule has 0 atom stereocenters. The fourth-order valence-electron chi connectivity index (χ4n) is 10.6. The predicted molar refractivity (Wildman–Crippen MR) is 407 cm³/mol. The summed E-state index contributed by atoms with van der Waals surface area (Å²) in [7, 11) is 0. The molecule has 3 heterocycles. The maximum atomic E-state index is 13.3. The van der Waals surface area contributed by atoms with Crippen LogP contribution in [0.3, 0.4) is 0 Å². The number of aromatic nitrogens is 3. The van der Waals surface area contributed by atoms with Crippen LogP contribution >= 0.6 is 11.6 Å². The summed E-state index contributed by atoms with van der Waals surface area (Å²) < 4.78 is 172. The summed E-state index contributed by atoms with van der Waals surface area (Å²) >= 11 is 4.16. The number of rotatable bonds is 21. The Morgan fingerprint density at radius 3 is 1.01 bits per heavy atom. The molecule has 3 aromatic heterocycles. The first-order valence-corrected chi connectivity index (χ1v) is 42.0. The van der Waals surface area contributed by atoms with Crippen LogP contribution in [0.1, 0.15) is 153 Å². The SMILES string of the molecule is C.C=C(C)c1cc(=O)n(-c2ccc(OC(F)(F)F)cc2)cc1-c1ccc(F)cc1.C=[C](C)[Sn]([CH2]CCC)([CH2]CCC)[CH2]CCC.CC(C)c1cc(=O)n(-c2ccc(OC(F)(F)F)cc2)cc1-c1ccc(F)cc1.CCC.CCC.O=c1cc(Cl)c(-c2ccc(F)cc2)cn1-c1ccc(OC(F)(F)F)cc1.[HH]. The molecule has 9 rings (SSSR count). The zero-order chi connectivity index (χ0) is 77.7. The van der Waals surface area contributed by atoms with Crippen molar-refractivity contribution in [1.29, 1.82) is 0 Å². The molecule has 0 aliphatic carbocycles. The summed E-state index contributed by atoms with van der Waals surface area (Å²) in [6, 6.07) is 36.0. The Balaban J connectivity index is 0.000000472. The maximum Gasteiger partial charge on any atom is 0.573 e. The third kappa shape index (κ3) is 29.6. The molecule has 0 fully saturated rings. The number of ether oxygens (including phenoxy) is 3. The number of alkyl halides is 9. The van der Waals surface area contributed by atoms with Crippen molar-refractivity contribution in [3.05, 3.63) is 264 Å². The molecule has 0 N–H and O–H groups in total. The molecule has 0 saturated carbocycles. The smallest absolute Gasteiger partial charge is 0.406 e. The number of pyridine rings is 3. The van der Waals surface area contributed by atoms with Crippen molar-refractivity contribution < 1.29 is 68.3 Å². The van der Waals surface area contributed by atoms with E-state index in [-0.39, 0.29) is 48.2 Å². The minimum Gasteiger partial charge on any atom is -0.406 e. The zero-order valence-corrected chi connectivity index (χ0v) is 63.9. The summed E-state index contributed by atoms with van der Waals surface area (Å²) in [6.45, 7) is 31.7. The normalized spacial score (nSPS) is 11.1. The Bertz CT molecular complexity index is 4310. The van der Waals surface area contributed by atoms with Crippen LogP contribution in [0.4, 0.5) is 52.7 Å². The molecule has 0 amide bonds. The topological polar surface area (TPSA) is 93.7 Å². The van der Waals surface area contributed by atoms with E-state index < -0.39 is 60.4 Å². The van der Waals surface area contributed by atoms with Gasteiger partial charge in [-0.3, -0.25) is 28.1 Å². The number of nitrogens with zero attached hydrogens (tertiary/aromatic N) is 3. The second-order valence-corrected chi connectivity index (χ2v) is 39.2. The fourth-order valence-corrected chi connectivity index (χ4v) is 25.5. The van der Waals surface area contributed by atoms with Gasteiger partial charge in [-0.15, -0.1) is 39.5 Å². The summed E-state index contributed by atoms with van der Waals surface area (Å²) in [6.07, 6.45) is 1.20. The summed E-state index contributed by atoms with van der Waals surface area (Å²) in [5.41, 5.74) is 5.79. The molecule has 9 nitrogen and oxygen atoms in total. The Labute approximate surface area is 618 Å². The number of hydrogen-bond donors (Lipinski definition) is 0. The molecule has 0 aliphatic heterocycles. The van der Waals surface area contributed by atoms with Gasteiger partial charge in [0.15, 0.2) is 0 Å². The number of hydrogen-bond acceptors (Lipinski definition) is 6. The van der Waals surface area contributed by atoms with Crippen LogP contribution in [0.15, 0.2) is 214 Å². The largest absolute Gasteiger partial charge is 0.573 e. The van der Waals surface area contributed by atoms with Crippen LogP contribution in [0.25, 0.3) is 56.0 Å². The molecule has 0 saturated heterocycles. The molecule has 23 heteroatoms. The molecule has 9 aromatic rings. The number of halogens is 13. The van der Waals surface area contributed by atoms with Crippen molar-refractivity contribution in [1.82, 2.24) is 13.7 Å². The van der Waals surface area contributed by atoms with Gasteiger partial charge in [0.2, 0.25) is 0 Å². The monoisotopic (exact) mass is 1600 g/mol. The van der Waals surface area contributed by atoms with E-state index in [1.807, 2.05) is 13.8 Å². The first-order chi connectivity index (χ1) is 49.0. The zero-order valence-electron chi connectivity index (χ0n) is 60.3. The minimum absolute atomic E-state index is 0. The average molecular weight is 1600 g/mol. The maximum absolute atomic E-state index is 13.3. The van der Waals surface area contributed by atoms with E-state index in [2.05, 4.69) is 82.8 Å². The first-order valence-electron chi connectivity index (χ1n) is 34.1. The van der Waals surface area contributed by atoms with E-state index in [0.29, 0.717) is 50.5 Å². The van der Waals surface area contributed by atoms with Crippen LogP contribution in [0.5, 0.6) is 17.2 Å². The van der Waals surface area contributed by atoms with E-state index in [9.17, 15) is 67.1 Å². The van der Waals surface area contributed by atoms with Gasteiger partial charge in [-0.25, -0.2) is 13.2 Å². The Kier molecular flexibility index (Phi) is 37.1. The standard InChI is InChI=1S/C21H17F4NO2.C21H15F4NO2.C18H10ClF4NO2.3C4H9.2C3H8.C3H5.CH4.Sn.H2/c2*1-13(2)18-11-20(27)26(12-19(18)14-3-5-15(22)6-4-14)16-7-9-17(10-8-16)28-21(23,24)25;19-16-9-17(25)24(10-15(16)11-1-3-12(20)4-2-11)13-5-7-14(8-6-13)26-18(21,22)23;3*1-3-4-2;3*1-3-2;;;/h3-13H,1-2H3;3-12H,1H2,2H3;1-10H;3*1,3-4H2,2H3;2*3H2,1-2H3;1H2,2H3;1H4;;1H.